The molecule has 5 heteroatoms. The van der Waals surface area contributed by atoms with Crippen molar-refractivity contribution < 1.29 is 17.7 Å². The molecule has 0 saturated heterocycles. The molecule has 0 atom stereocenters. The monoisotopic (exact) mass is 426 g/mol. The Morgan fingerprint density at radius 1 is 0.655 bits per heavy atom. The van der Waals surface area contributed by atoms with Crippen molar-refractivity contribution >= 4 is 10.1 Å². The largest absolute Gasteiger partial charge is 0.384 e. The van der Waals surface area contributed by atoms with Crippen molar-refractivity contribution in [1.29, 1.82) is 0 Å². The summed E-state index contributed by atoms with van der Waals surface area (Å²) >= 11 is 0. The van der Waals surface area contributed by atoms with Gasteiger partial charge in [0.05, 0.1) is 5.75 Å². The quantitative estimate of drug-likeness (QED) is 0.166. The van der Waals surface area contributed by atoms with Gasteiger partial charge in [0.25, 0.3) is 10.1 Å². The summed E-state index contributed by atoms with van der Waals surface area (Å²) in [6.45, 7) is 1.83. The van der Waals surface area contributed by atoms with Crippen LogP contribution in [0.1, 0.15) is 110 Å². The molecule has 29 heavy (non-hydrogen) atoms. The van der Waals surface area contributed by atoms with E-state index in [4.69, 9.17) is 9.29 Å². The van der Waals surface area contributed by atoms with Crippen LogP contribution in [0.15, 0.2) is 0 Å². The SMILES string of the molecule is CCCCCCCCCCCCCCCCCCS(=O)(=O)OCC#CC#CCO. The number of aliphatic hydroxyl groups excluding tert-OH is 1. The lowest BCUT2D eigenvalue weighted by Gasteiger charge is -2.04. The second-order valence-electron chi connectivity index (χ2n) is 7.59. The van der Waals surface area contributed by atoms with Gasteiger partial charge in [-0.2, -0.15) is 8.42 Å². The van der Waals surface area contributed by atoms with Gasteiger partial charge in [0, 0.05) is 0 Å². The summed E-state index contributed by atoms with van der Waals surface area (Å²) < 4.78 is 28.2. The standard InChI is InChI=1S/C24H42O4S/c1-2-3-4-5-6-7-8-9-10-11-12-13-14-15-18-21-24-29(26,27)28-23-20-17-16-19-22-25/h25H,2-15,18,21-24H2,1H3. The highest BCUT2D eigenvalue weighted by Gasteiger charge is 2.09. The Morgan fingerprint density at radius 3 is 1.52 bits per heavy atom. The van der Waals surface area contributed by atoms with Gasteiger partial charge in [-0.25, -0.2) is 0 Å². The minimum absolute atomic E-state index is 0.0510. The van der Waals surface area contributed by atoms with Gasteiger partial charge in [-0.1, -0.05) is 115 Å². The molecule has 4 nitrogen and oxygen atoms in total. The Labute approximate surface area is 180 Å². The molecule has 0 fully saturated rings. The van der Waals surface area contributed by atoms with Gasteiger partial charge in [-0.3, -0.25) is 4.18 Å². The molecule has 0 aromatic carbocycles. The van der Waals surface area contributed by atoms with Crippen LogP contribution in [-0.2, 0) is 14.3 Å². The van der Waals surface area contributed by atoms with Crippen LogP contribution in [0.4, 0.5) is 0 Å². The summed E-state index contributed by atoms with van der Waals surface area (Å²) in [4.78, 5) is 0. The normalized spacial score (nSPS) is 10.8. The van der Waals surface area contributed by atoms with E-state index >= 15 is 0 Å². The van der Waals surface area contributed by atoms with Crippen molar-refractivity contribution in [3.63, 3.8) is 0 Å². The van der Waals surface area contributed by atoms with Crippen molar-refractivity contribution in [2.75, 3.05) is 19.0 Å². The van der Waals surface area contributed by atoms with E-state index in [9.17, 15) is 8.42 Å². The fraction of sp³-hybridized carbons (Fsp3) is 0.833. The second-order valence-corrected chi connectivity index (χ2v) is 9.35. The molecule has 0 radical (unpaired) electrons. The fourth-order valence-corrected chi connectivity index (χ4v) is 4.08. The molecule has 0 unspecified atom stereocenters. The summed E-state index contributed by atoms with van der Waals surface area (Å²) in [5.74, 6) is 9.71. The first kappa shape index (κ1) is 28.0. The van der Waals surface area contributed by atoms with E-state index < -0.39 is 10.1 Å². The number of rotatable bonds is 19. The first-order valence-electron chi connectivity index (χ1n) is 11.6. The molecule has 0 aliphatic carbocycles. The summed E-state index contributed by atoms with van der Waals surface area (Å²) in [7, 11) is -3.49. The van der Waals surface area contributed by atoms with Gasteiger partial charge < -0.3 is 5.11 Å². The number of hydrogen-bond acceptors (Lipinski definition) is 4. The van der Waals surface area contributed by atoms with Crippen LogP contribution in [-0.4, -0.2) is 32.5 Å². The number of unbranched alkanes of at least 4 members (excludes halogenated alkanes) is 15. The lowest BCUT2D eigenvalue weighted by molar-refractivity contribution is 0.350. The average molecular weight is 427 g/mol. The highest BCUT2D eigenvalue weighted by Crippen LogP contribution is 2.14. The van der Waals surface area contributed by atoms with E-state index in [0.29, 0.717) is 6.42 Å². The maximum absolute atomic E-state index is 11.7. The molecule has 0 aliphatic rings. The van der Waals surface area contributed by atoms with E-state index in [2.05, 4.69) is 30.6 Å². The minimum atomic E-state index is -3.49. The molecule has 0 bridgehead atoms. The van der Waals surface area contributed by atoms with Crippen LogP contribution in [0.25, 0.3) is 0 Å². The third-order valence-corrected chi connectivity index (χ3v) is 6.14. The zero-order valence-corrected chi connectivity index (χ0v) is 19.3. The van der Waals surface area contributed by atoms with E-state index in [1.54, 1.807) is 0 Å². The van der Waals surface area contributed by atoms with E-state index in [0.717, 1.165) is 12.8 Å². The molecular formula is C24H42O4S. The fourth-order valence-electron chi connectivity index (χ4n) is 3.17. The molecule has 0 saturated carbocycles. The van der Waals surface area contributed by atoms with Crippen LogP contribution in [0.5, 0.6) is 0 Å². The predicted molar refractivity (Wildman–Crippen MR) is 122 cm³/mol. The Morgan fingerprint density at radius 2 is 1.07 bits per heavy atom. The molecule has 0 spiro atoms. The second kappa shape index (κ2) is 21.7. The number of aliphatic hydroxyl groups is 1. The molecule has 168 valence electrons. The summed E-state index contributed by atoms with van der Waals surface area (Å²) in [6.07, 6.45) is 20.2. The topological polar surface area (TPSA) is 63.6 Å². The van der Waals surface area contributed by atoms with E-state index in [1.807, 2.05) is 0 Å². The molecule has 0 aromatic heterocycles. The van der Waals surface area contributed by atoms with Crippen molar-refractivity contribution in [1.82, 2.24) is 0 Å². The zero-order valence-electron chi connectivity index (χ0n) is 18.5. The van der Waals surface area contributed by atoms with Crippen molar-refractivity contribution in [3.8, 4) is 23.7 Å². The molecular weight excluding hydrogens is 384 g/mol. The maximum atomic E-state index is 11.7. The highest BCUT2D eigenvalue weighted by atomic mass is 32.2. The Hall–Kier alpha value is -1.01. The van der Waals surface area contributed by atoms with Crippen LogP contribution in [0, 0.1) is 23.7 Å². The van der Waals surface area contributed by atoms with E-state index in [1.165, 1.54) is 83.5 Å². The Balaban J connectivity index is 3.36. The molecule has 0 rings (SSSR count). The van der Waals surface area contributed by atoms with Crippen LogP contribution in [0.3, 0.4) is 0 Å². The molecule has 0 amide bonds. The minimum Gasteiger partial charge on any atom is -0.384 e. The van der Waals surface area contributed by atoms with Gasteiger partial charge in [-0.15, -0.1) is 0 Å². The van der Waals surface area contributed by atoms with Crippen molar-refractivity contribution in [2.24, 2.45) is 0 Å². The van der Waals surface area contributed by atoms with E-state index in [-0.39, 0.29) is 19.0 Å². The third kappa shape index (κ3) is 23.1. The third-order valence-electron chi connectivity index (χ3n) is 4.88. The van der Waals surface area contributed by atoms with Crippen LogP contribution >= 0.6 is 0 Å². The van der Waals surface area contributed by atoms with Crippen molar-refractivity contribution in [3.05, 3.63) is 0 Å². The van der Waals surface area contributed by atoms with Crippen LogP contribution in [0.2, 0.25) is 0 Å². The van der Waals surface area contributed by atoms with Gasteiger partial charge >= 0.3 is 0 Å². The summed E-state index contributed by atoms with van der Waals surface area (Å²) in [5, 5.41) is 8.45. The van der Waals surface area contributed by atoms with Crippen LogP contribution < -0.4 is 0 Å². The molecule has 0 aliphatic heterocycles. The van der Waals surface area contributed by atoms with Gasteiger partial charge in [0.15, 0.2) is 0 Å². The first-order valence-corrected chi connectivity index (χ1v) is 13.1. The summed E-state index contributed by atoms with van der Waals surface area (Å²) in [6, 6.07) is 0. The zero-order chi connectivity index (χ0) is 21.5. The Bertz CT molecular complexity index is 575. The van der Waals surface area contributed by atoms with Gasteiger partial charge in [0.1, 0.15) is 13.2 Å². The molecule has 1 N–H and O–H groups in total. The lowest BCUT2D eigenvalue weighted by atomic mass is 10.0. The summed E-state index contributed by atoms with van der Waals surface area (Å²) in [5.41, 5.74) is 0. The molecule has 0 heterocycles. The van der Waals surface area contributed by atoms with Gasteiger partial charge in [0.2, 0.25) is 0 Å². The first-order chi connectivity index (χ1) is 14.1. The Kier molecular flexibility index (Phi) is 20.9. The predicted octanol–water partition coefficient (Wildman–Crippen LogP) is 5.59. The smallest absolute Gasteiger partial charge is 0.268 e. The maximum Gasteiger partial charge on any atom is 0.268 e. The molecule has 0 aromatic rings. The van der Waals surface area contributed by atoms with Gasteiger partial charge in [-0.05, 0) is 18.3 Å². The highest BCUT2D eigenvalue weighted by molar-refractivity contribution is 7.86. The average Bonchev–Trinajstić information content (AvgIpc) is 2.70. The lowest BCUT2D eigenvalue weighted by Crippen LogP contribution is -2.10. The number of hydrogen-bond donors (Lipinski definition) is 1. The van der Waals surface area contributed by atoms with Crippen molar-refractivity contribution in [2.45, 2.75) is 110 Å².